The second-order valence-electron chi connectivity index (χ2n) is 2.74. The maximum atomic E-state index is 5.46. The Hall–Kier alpha value is -1.29. The van der Waals surface area contributed by atoms with E-state index in [4.69, 9.17) is 5.73 Å². The quantitative estimate of drug-likeness (QED) is 0.759. The first kappa shape index (κ1) is 10.8. The number of nitrogens with zero attached hydrogens (tertiary/aromatic N) is 1. The van der Waals surface area contributed by atoms with Crippen molar-refractivity contribution in [3.8, 4) is 0 Å². The van der Waals surface area contributed by atoms with Crippen LogP contribution in [0, 0.1) is 6.92 Å². The Morgan fingerprint density at radius 2 is 1.93 bits per heavy atom. The zero-order valence-electron chi connectivity index (χ0n) is 7.87. The maximum absolute atomic E-state index is 5.46. The molecule has 0 atom stereocenters. The van der Waals surface area contributed by atoms with Gasteiger partial charge in [0.2, 0.25) is 0 Å². The average molecular weight is 254 g/mol. The fourth-order valence-corrected chi connectivity index (χ4v) is 1.40. The van der Waals surface area contributed by atoms with Crippen molar-refractivity contribution >= 4 is 21.7 Å². The summed E-state index contributed by atoms with van der Waals surface area (Å²) in [5.41, 5.74) is 6.54. The van der Waals surface area contributed by atoms with Crippen molar-refractivity contribution in [2.75, 3.05) is 5.73 Å². The van der Waals surface area contributed by atoms with Gasteiger partial charge >= 0.3 is 0 Å². The Balaban J connectivity index is 0.000000146. The molecule has 2 aromatic rings. The molecule has 0 bridgehead atoms. The predicted octanol–water partition coefficient (Wildman–Crippen LogP) is 2.75. The molecule has 0 saturated heterocycles. The van der Waals surface area contributed by atoms with Crippen LogP contribution < -0.4 is 5.73 Å². The van der Waals surface area contributed by atoms with Gasteiger partial charge in [0.25, 0.3) is 0 Å². The van der Waals surface area contributed by atoms with Gasteiger partial charge in [0.15, 0.2) is 0 Å². The van der Waals surface area contributed by atoms with Gasteiger partial charge in [-0.05, 0) is 46.6 Å². The van der Waals surface area contributed by atoms with Gasteiger partial charge in [-0.3, -0.25) is 4.98 Å². The average Bonchev–Trinajstić information content (AvgIpc) is 2.48. The topological polar surface area (TPSA) is 54.7 Å². The molecule has 0 spiro atoms. The summed E-state index contributed by atoms with van der Waals surface area (Å²) in [6, 6.07) is 7.66. The minimum absolute atomic E-state index is 0.733. The van der Waals surface area contributed by atoms with Gasteiger partial charge in [-0.15, -0.1) is 0 Å². The van der Waals surface area contributed by atoms with Crippen LogP contribution in [0.1, 0.15) is 5.56 Å². The number of nitrogens with two attached hydrogens (primary N) is 1. The summed E-state index contributed by atoms with van der Waals surface area (Å²) in [6.45, 7) is 1.95. The zero-order chi connectivity index (χ0) is 10.4. The van der Waals surface area contributed by atoms with Gasteiger partial charge in [0.1, 0.15) is 5.82 Å². The van der Waals surface area contributed by atoms with Crippen LogP contribution in [0.3, 0.4) is 0 Å². The summed E-state index contributed by atoms with van der Waals surface area (Å²) in [4.78, 5) is 6.69. The van der Waals surface area contributed by atoms with Crippen LogP contribution in [0.25, 0.3) is 0 Å². The van der Waals surface area contributed by atoms with Gasteiger partial charge < -0.3 is 10.7 Å². The van der Waals surface area contributed by atoms with Crippen LogP contribution in [0.2, 0.25) is 0 Å². The van der Waals surface area contributed by atoms with Crippen LogP contribution in [0.5, 0.6) is 0 Å². The Morgan fingerprint density at radius 3 is 2.07 bits per heavy atom. The van der Waals surface area contributed by atoms with Crippen LogP contribution >= 0.6 is 15.9 Å². The molecule has 0 radical (unpaired) electrons. The third-order valence-electron chi connectivity index (χ3n) is 1.59. The Bertz CT molecular complexity index is 324. The molecule has 0 aliphatic rings. The molecule has 3 nitrogen and oxygen atoms in total. The summed E-state index contributed by atoms with van der Waals surface area (Å²) >= 11 is 3.25. The van der Waals surface area contributed by atoms with Crippen molar-refractivity contribution < 1.29 is 0 Å². The lowest BCUT2D eigenvalue weighted by atomic mass is 10.4. The van der Waals surface area contributed by atoms with E-state index in [9.17, 15) is 0 Å². The molecule has 0 amide bonds. The van der Waals surface area contributed by atoms with E-state index in [1.165, 1.54) is 0 Å². The number of aromatic nitrogens is 2. The molecule has 3 N–H and O–H groups in total. The summed E-state index contributed by atoms with van der Waals surface area (Å²) < 4.78 is 0.938. The number of aromatic amines is 1. The number of pyridine rings is 1. The summed E-state index contributed by atoms with van der Waals surface area (Å²) in [6.07, 6.45) is 3.50. The minimum atomic E-state index is 0.733. The maximum Gasteiger partial charge on any atom is 0.104 e. The van der Waals surface area contributed by atoms with Gasteiger partial charge in [-0.1, -0.05) is 6.07 Å². The van der Waals surface area contributed by atoms with E-state index < -0.39 is 0 Å². The van der Waals surface area contributed by atoms with Crippen LogP contribution in [-0.4, -0.2) is 9.97 Å². The highest BCUT2D eigenvalue weighted by atomic mass is 79.9. The van der Waals surface area contributed by atoms with Crippen molar-refractivity contribution in [1.82, 2.24) is 9.97 Å². The van der Waals surface area contributed by atoms with E-state index in [1.807, 2.05) is 31.2 Å². The Labute approximate surface area is 91.5 Å². The van der Waals surface area contributed by atoms with Gasteiger partial charge in [0.05, 0.1) is 4.60 Å². The first-order valence-corrected chi connectivity index (χ1v) is 4.95. The number of aryl methyl sites for hydroxylation is 1. The van der Waals surface area contributed by atoms with E-state index in [-0.39, 0.29) is 0 Å². The Morgan fingerprint density at radius 1 is 1.29 bits per heavy atom. The third-order valence-corrected chi connectivity index (χ3v) is 2.02. The molecule has 0 aliphatic heterocycles. The minimum Gasteiger partial charge on any atom is -0.385 e. The van der Waals surface area contributed by atoms with E-state index in [0.29, 0.717) is 0 Å². The highest BCUT2D eigenvalue weighted by Gasteiger charge is 1.94. The number of nitrogens with one attached hydrogen (secondary N) is 1. The van der Waals surface area contributed by atoms with Crippen molar-refractivity contribution in [2.24, 2.45) is 0 Å². The number of hydrogen-bond acceptors (Lipinski definition) is 2. The highest BCUT2D eigenvalue weighted by molar-refractivity contribution is 9.10. The first-order chi connectivity index (χ1) is 6.70. The number of halogens is 1. The van der Waals surface area contributed by atoms with Crippen molar-refractivity contribution in [2.45, 2.75) is 6.92 Å². The normalized spacial score (nSPS) is 9.00. The number of H-pyrrole nitrogens is 1. The lowest BCUT2D eigenvalue weighted by molar-refractivity contribution is 1.33. The third kappa shape index (κ3) is 3.62. The number of anilines is 1. The lowest BCUT2D eigenvalue weighted by Crippen LogP contribution is -1.84. The largest absolute Gasteiger partial charge is 0.385 e. The molecule has 74 valence electrons. The summed E-state index contributed by atoms with van der Waals surface area (Å²) in [5.74, 6) is 0.733. The van der Waals surface area contributed by atoms with E-state index in [0.717, 1.165) is 16.0 Å². The molecule has 2 aromatic heterocycles. The standard InChI is InChI=1S/C5H7BrN2.C5H5N/c1-3-2-4(6)8-5(3)7;1-2-4-6-5-3-1/h2,8H,7H2,1H3;1-5H. The van der Waals surface area contributed by atoms with Crippen LogP contribution in [0.4, 0.5) is 5.82 Å². The summed E-state index contributed by atoms with van der Waals surface area (Å²) in [7, 11) is 0. The van der Waals surface area contributed by atoms with E-state index >= 15 is 0 Å². The van der Waals surface area contributed by atoms with E-state index in [2.05, 4.69) is 25.9 Å². The second-order valence-corrected chi connectivity index (χ2v) is 3.59. The number of hydrogen-bond donors (Lipinski definition) is 2. The zero-order valence-corrected chi connectivity index (χ0v) is 9.45. The predicted molar refractivity (Wildman–Crippen MR) is 61.9 cm³/mol. The molecule has 0 aliphatic carbocycles. The second kappa shape index (κ2) is 5.44. The molecule has 0 unspecified atom stereocenters. The van der Waals surface area contributed by atoms with Gasteiger partial charge in [-0.25, -0.2) is 0 Å². The van der Waals surface area contributed by atoms with Gasteiger partial charge in [-0.2, -0.15) is 0 Å². The molecule has 14 heavy (non-hydrogen) atoms. The molecule has 2 rings (SSSR count). The molecule has 0 saturated carbocycles. The molecule has 0 aromatic carbocycles. The van der Waals surface area contributed by atoms with Crippen LogP contribution in [0.15, 0.2) is 41.3 Å². The molecular formula is C10H12BrN3. The summed E-state index contributed by atoms with van der Waals surface area (Å²) in [5, 5.41) is 0. The fourth-order valence-electron chi connectivity index (χ4n) is 0.844. The lowest BCUT2D eigenvalue weighted by Gasteiger charge is -1.82. The number of rotatable bonds is 0. The fraction of sp³-hybridized carbons (Fsp3) is 0.100. The SMILES string of the molecule is Cc1cc(Br)[nH]c1N.c1ccncc1. The first-order valence-electron chi connectivity index (χ1n) is 4.15. The van der Waals surface area contributed by atoms with Gasteiger partial charge in [0, 0.05) is 12.4 Å². The molecule has 2 heterocycles. The highest BCUT2D eigenvalue weighted by Crippen LogP contribution is 2.15. The van der Waals surface area contributed by atoms with Crippen molar-refractivity contribution in [3.63, 3.8) is 0 Å². The van der Waals surface area contributed by atoms with Crippen molar-refractivity contribution in [3.05, 3.63) is 46.8 Å². The van der Waals surface area contributed by atoms with E-state index in [1.54, 1.807) is 12.4 Å². The molecule has 0 fully saturated rings. The Kier molecular flexibility index (Phi) is 4.19. The number of nitrogen functional groups attached to an aromatic ring is 1. The molecule has 4 heteroatoms. The molecular weight excluding hydrogens is 242 g/mol. The smallest absolute Gasteiger partial charge is 0.104 e. The monoisotopic (exact) mass is 253 g/mol. The van der Waals surface area contributed by atoms with Crippen molar-refractivity contribution in [1.29, 1.82) is 0 Å². The van der Waals surface area contributed by atoms with Crippen LogP contribution in [-0.2, 0) is 0 Å².